The molecule has 1 aromatic heterocycles. The van der Waals surface area contributed by atoms with Crippen molar-refractivity contribution in [2.45, 2.75) is 32.7 Å². The predicted octanol–water partition coefficient (Wildman–Crippen LogP) is 3.47. The number of aliphatic hydroxyl groups excluding tert-OH is 1. The maximum absolute atomic E-state index is 13.2. The smallest absolute Gasteiger partial charge is 0.438 e. The molecule has 0 saturated carbocycles. The molecule has 0 aliphatic rings. The number of hydrogen-bond donors (Lipinski definition) is 1. The van der Waals surface area contributed by atoms with Gasteiger partial charge in [-0.15, -0.1) is 0 Å². The molecule has 0 saturated heterocycles. The molecule has 28 heavy (non-hydrogen) atoms. The second kappa shape index (κ2) is 7.63. The molecule has 1 unspecified atom stereocenters. The van der Waals surface area contributed by atoms with Gasteiger partial charge in [0.15, 0.2) is 0 Å². The van der Waals surface area contributed by atoms with E-state index in [0.29, 0.717) is 5.75 Å². The molecular formula is C20H19F3N2O3. The normalized spacial score (nSPS) is 12.9. The van der Waals surface area contributed by atoms with Gasteiger partial charge in [-0.2, -0.15) is 13.2 Å². The predicted molar refractivity (Wildman–Crippen MR) is 98.4 cm³/mol. The lowest BCUT2D eigenvalue weighted by molar-refractivity contribution is -0.142. The van der Waals surface area contributed by atoms with Crippen LogP contribution in [0.25, 0.3) is 11.0 Å². The van der Waals surface area contributed by atoms with E-state index in [2.05, 4.69) is 4.98 Å². The largest absolute Gasteiger partial charge is 0.491 e. The van der Waals surface area contributed by atoms with E-state index in [0.717, 1.165) is 15.7 Å². The van der Waals surface area contributed by atoms with E-state index in [4.69, 9.17) is 4.74 Å². The Balaban J connectivity index is 1.88. The van der Waals surface area contributed by atoms with E-state index >= 15 is 0 Å². The maximum atomic E-state index is 13.2. The van der Waals surface area contributed by atoms with E-state index in [1.165, 1.54) is 18.2 Å². The third-order valence-electron chi connectivity index (χ3n) is 4.28. The highest BCUT2D eigenvalue weighted by atomic mass is 19.4. The van der Waals surface area contributed by atoms with Crippen molar-refractivity contribution in [1.82, 2.24) is 9.55 Å². The van der Waals surface area contributed by atoms with Crippen molar-refractivity contribution in [2.75, 3.05) is 6.61 Å². The Morgan fingerprint density at radius 3 is 2.57 bits per heavy atom. The van der Waals surface area contributed by atoms with Gasteiger partial charge < -0.3 is 14.4 Å². The van der Waals surface area contributed by atoms with Gasteiger partial charge in [-0.1, -0.05) is 29.8 Å². The van der Waals surface area contributed by atoms with Crippen LogP contribution in [0, 0.1) is 13.8 Å². The number of benzene rings is 2. The van der Waals surface area contributed by atoms with Crippen LogP contribution in [0.15, 0.2) is 47.3 Å². The first-order valence-electron chi connectivity index (χ1n) is 8.61. The molecule has 148 valence electrons. The van der Waals surface area contributed by atoms with Crippen LogP contribution < -0.4 is 10.3 Å². The van der Waals surface area contributed by atoms with Crippen LogP contribution in [-0.4, -0.2) is 27.4 Å². The molecule has 3 aromatic rings. The van der Waals surface area contributed by atoms with Gasteiger partial charge in [-0.25, -0.2) is 4.98 Å². The van der Waals surface area contributed by atoms with Crippen molar-refractivity contribution in [3.8, 4) is 5.75 Å². The van der Waals surface area contributed by atoms with Gasteiger partial charge in [0.25, 0.3) is 5.56 Å². The van der Waals surface area contributed by atoms with Crippen LogP contribution in [0.3, 0.4) is 0 Å². The first-order valence-corrected chi connectivity index (χ1v) is 8.61. The number of nitrogens with zero attached hydrogens (tertiary/aromatic N) is 2. The molecule has 1 atom stereocenters. The molecule has 0 aliphatic carbocycles. The van der Waals surface area contributed by atoms with Gasteiger partial charge in [0.05, 0.1) is 17.6 Å². The highest BCUT2D eigenvalue weighted by Gasteiger charge is 2.37. The monoisotopic (exact) mass is 392 g/mol. The summed E-state index contributed by atoms with van der Waals surface area (Å²) < 4.78 is 46.0. The maximum Gasteiger partial charge on any atom is 0.438 e. The molecule has 0 radical (unpaired) electrons. The first kappa shape index (κ1) is 19.9. The van der Waals surface area contributed by atoms with Crippen molar-refractivity contribution < 1.29 is 23.0 Å². The summed E-state index contributed by atoms with van der Waals surface area (Å²) in [7, 11) is 0. The Hall–Kier alpha value is -2.87. The molecule has 0 bridgehead atoms. The molecule has 0 spiro atoms. The minimum absolute atomic E-state index is 0.0249. The first-order chi connectivity index (χ1) is 13.2. The molecule has 1 heterocycles. The Morgan fingerprint density at radius 2 is 1.89 bits per heavy atom. The standard InChI is InChI=1S/C20H19F3N2O3/c1-12-7-8-17(13(2)9-12)28-11-14(26)10-25-16-6-4-3-5-15(16)24-18(19(25)27)20(21,22)23/h3-9,14,26H,10-11H2,1-2H3. The molecule has 5 nitrogen and oxygen atoms in total. The van der Waals surface area contributed by atoms with Crippen LogP contribution in [0.1, 0.15) is 16.8 Å². The summed E-state index contributed by atoms with van der Waals surface area (Å²) in [6.45, 7) is 3.26. The number of alkyl halides is 3. The zero-order chi connectivity index (χ0) is 20.5. The van der Waals surface area contributed by atoms with E-state index in [1.54, 1.807) is 12.1 Å². The number of aliphatic hydroxyl groups is 1. The highest BCUT2D eigenvalue weighted by Crippen LogP contribution is 2.26. The lowest BCUT2D eigenvalue weighted by Gasteiger charge is -2.18. The summed E-state index contributed by atoms with van der Waals surface area (Å²) in [5.74, 6) is 0.563. The summed E-state index contributed by atoms with van der Waals surface area (Å²) in [6, 6.07) is 11.5. The number of fused-ring (bicyclic) bond motifs is 1. The van der Waals surface area contributed by atoms with Gasteiger partial charge in [0.2, 0.25) is 5.69 Å². The van der Waals surface area contributed by atoms with Crippen LogP contribution in [0.2, 0.25) is 0 Å². The van der Waals surface area contributed by atoms with Crippen LogP contribution in [-0.2, 0) is 12.7 Å². The fourth-order valence-corrected chi connectivity index (χ4v) is 2.97. The molecule has 2 aromatic carbocycles. The summed E-state index contributed by atoms with van der Waals surface area (Å²) in [5, 5.41) is 10.3. The number of halogens is 3. The van der Waals surface area contributed by atoms with Crippen molar-refractivity contribution in [3.63, 3.8) is 0 Å². The number of rotatable bonds is 5. The number of hydrogen-bond acceptors (Lipinski definition) is 4. The van der Waals surface area contributed by atoms with Gasteiger partial charge in [0, 0.05) is 0 Å². The lowest BCUT2D eigenvalue weighted by atomic mass is 10.1. The average Bonchev–Trinajstić information content (AvgIpc) is 2.62. The Morgan fingerprint density at radius 1 is 1.18 bits per heavy atom. The minimum Gasteiger partial charge on any atom is -0.491 e. The Bertz CT molecular complexity index is 1060. The van der Waals surface area contributed by atoms with Crippen molar-refractivity contribution >= 4 is 11.0 Å². The number of aromatic nitrogens is 2. The number of aryl methyl sites for hydroxylation is 2. The van der Waals surface area contributed by atoms with Crippen LogP contribution in [0.5, 0.6) is 5.75 Å². The minimum atomic E-state index is -4.89. The zero-order valence-corrected chi connectivity index (χ0v) is 15.3. The fourth-order valence-electron chi connectivity index (χ4n) is 2.97. The summed E-state index contributed by atoms with van der Waals surface area (Å²) in [6.07, 6.45) is -6.08. The Labute approximate surface area is 159 Å². The molecular weight excluding hydrogens is 373 g/mol. The third kappa shape index (κ3) is 4.17. The van der Waals surface area contributed by atoms with E-state index < -0.39 is 23.5 Å². The molecule has 8 heteroatoms. The van der Waals surface area contributed by atoms with Gasteiger partial charge in [0.1, 0.15) is 18.5 Å². The Kier molecular flexibility index (Phi) is 5.42. The summed E-state index contributed by atoms with van der Waals surface area (Å²) in [4.78, 5) is 15.8. The highest BCUT2D eigenvalue weighted by molar-refractivity contribution is 5.74. The van der Waals surface area contributed by atoms with Crippen LogP contribution in [0.4, 0.5) is 13.2 Å². The third-order valence-corrected chi connectivity index (χ3v) is 4.28. The topological polar surface area (TPSA) is 64.3 Å². The van der Waals surface area contributed by atoms with Gasteiger partial charge >= 0.3 is 6.18 Å². The van der Waals surface area contributed by atoms with Gasteiger partial charge in [-0.3, -0.25) is 4.79 Å². The van der Waals surface area contributed by atoms with E-state index in [9.17, 15) is 23.1 Å². The van der Waals surface area contributed by atoms with E-state index in [1.807, 2.05) is 26.0 Å². The summed E-state index contributed by atoms with van der Waals surface area (Å²) in [5.41, 5.74) is -0.633. The zero-order valence-electron chi connectivity index (χ0n) is 15.3. The quantitative estimate of drug-likeness (QED) is 0.722. The lowest BCUT2D eigenvalue weighted by Crippen LogP contribution is -2.35. The van der Waals surface area contributed by atoms with Gasteiger partial charge in [-0.05, 0) is 37.6 Å². The average molecular weight is 392 g/mol. The van der Waals surface area contributed by atoms with Crippen molar-refractivity contribution in [1.29, 1.82) is 0 Å². The molecule has 0 amide bonds. The number of ether oxygens (including phenoxy) is 1. The second-order valence-corrected chi connectivity index (χ2v) is 6.60. The molecule has 3 rings (SSSR count). The van der Waals surface area contributed by atoms with Crippen molar-refractivity contribution in [3.05, 3.63) is 69.6 Å². The van der Waals surface area contributed by atoms with E-state index in [-0.39, 0.29) is 24.2 Å². The number of para-hydroxylation sites is 2. The fraction of sp³-hybridized carbons (Fsp3) is 0.300. The molecule has 0 fully saturated rings. The van der Waals surface area contributed by atoms with Crippen molar-refractivity contribution in [2.24, 2.45) is 0 Å². The summed E-state index contributed by atoms with van der Waals surface area (Å²) >= 11 is 0. The van der Waals surface area contributed by atoms with Crippen LogP contribution >= 0.6 is 0 Å². The SMILES string of the molecule is Cc1ccc(OCC(O)Cn2c(=O)c(C(F)(F)F)nc3ccccc32)c(C)c1. The molecule has 1 N–H and O–H groups in total. The second-order valence-electron chi connectivity index (χ2n) is 6.60. The molecule has 0 aliphatic heterocycles.